The van der Waals surface area contributed by atoms with E-state index < -0.39 is 5.60 Å². The van der Waals surface area contributed by atoms with Crippen molar-refractivity contribution in [3.63, 3.8) is 0 Å². The van der Waals surface area contributed by atoms with Gasteiger partial charge in [-0.15, -0.1) is 0 Å². The summed E-state index contributed by atoms with van der Waals surface area (Å²) in [5.74, 6) is 1.66. The standard InChI is InChI=1S/C13H24N4O/c1-5-10-11(14)16-8-17-12(10)15-7-13(4,18)6-9(2)3/h8-9,18H,5-7H2,1-4H3,(H3,14,15,16,17). The highest BCUT2D eigenvalue weighted by molar-refractivity contribution is 5.54. The SMILES string of the molecule is CCc1c(N)ncnc1NCC(C)(O)CC(C)C. The van der Waals surface area contributed by atoms with Gasteiger partial charge < -0.3 is 16.2 Å². The Morgan fingerprint density at radius 1 is 1.44 bits per heavy atom. The van der Waals surface area contributed by atoms with Crippen LogP contribution in [0.3, 0.4) is 0 Å². The molecule has 0 fully saturated rings. The largest absolute Gasteiger partial charge is 0.388 e. The third-order valence-corrected chi connectivity index (χ3v) is 2.82. The number of nitrogens with zero attached hydrogens (tertiary/aromatic N) is 2. The van der Waals surface area contributed by atoms with Gasteiger partial charge in [0.15, 0.2) is 0 Å². The van der Waals surface area contributed by atoms with E-state index in [1.54, 1.807) is 0 Å². The maximum atomic E-state index is 10.2. The van der Waals surface area contributed by atoms with Crippen LogP contribution in [0.1, 0.15) is 39.7 Å². The minimum Gasteiger partial charge on any atom is -0.388 e. The first kappa shape index (κ1) is 14.7. The fourth-order valence-corrected chi connectivity index (χ4v) is 2.15. The summed E-state index contributed by atoms with van der Waals surface area (Å²) >= 11 is 0. The van der Waals surface area contributed by atoms with E-state index in [1.165, 1.54) is 6.33 Å². The third kappa shape index (κ3) is 4.14. The Labute approximate surface area is 109 Å². The number of aliphatic hydroxyl groups is 1. The summed E-state index contributed by atoms with van der Waals surface area (Å²) in [5.41, 5.74) is 5.95. The number of rotatable bonds is 6. The molecule has 18 heavy (non-hydrogen) atoms. The van der Waals surface area contributed by atoms with Crippen LogP contribution in [0.5, 0.6) is 0 Å². The Balaban J connectivity index is 2.71. The van der Waals surface area contributed by atoms with Gasteiger partial charge in [-0.1, -0.05) is 20.8 Å². The molecule has 0 aliphatic carbocycles. The van der Waals surface area contributed by atoms with E-state index in [0.29, 0.717) is 24.1 Å². The molecule has 1 aromatic heterocycles. The van der Waals surface area contributed by atoms with Crippen molar-refractivity contribution >= 4 is 11.6 Å². The topological polar surface area (TPSA) is 84.1 Å². The van der Waals surface area contributed by atoms with Gasteiger partial charge in [-0.25, -0.2) is 9.97 Å². The van der Waals surface area contributed by atoms with E-state index in [4.69, 9.17) is 5.73 Å². The highest BCUT2D eigenvalue weighted by Gasteiger charge is 2.22. The van der Waals surface area contributed by atoms with Crippen LogP contribution >= 0.6 is 0 Å². The molecule has 102 valence electrons. The minimum absolute atomic E-state index is 0.447. The normalized spacial score (nSPS) is 14.6. The number of nitrogen functional groups attached to an aromatic ring is 1. The monoisotopic (exact) mass is 252 g/mol. The molecular weight excluding hydrogens is 228 g/mol. The lowest BCUT2D eigenvalue weighted by Crippen LogP contribution is -2.35. The average Bonchev–Trinajstić information content (AvgIpc) is 2.24. The molecule has 0 aliphatic heterocycles. The van der Waals surface area contributed by atoms with E-state index in [1.807, 2.05) is 13.8 Å². The zero-order chi connectivity index (χ0) is 13.8. The highest BCUT2D eigenvalue weighted by atomic mass is 16.3. The molecule has 0 saturated heterocycles. The van der Waals surface area contributed by atoms with Crippen molar-refractivity contribution < 1.29 is 5.11 Å². The molecule has 1 unspecified atom stereocenters. The Morgan fingerprint density at radius 2 is 2.11 bits per heavy atom. The molecule has 0 aliphatic rings. The molecule has 1 aromatic rings. The molecular formula is C13H24N4O. The van der Waals surface area contributed by atoms with Gasteiger partial charge in [0.05, 0.1) is 5.60 Å². The molecule has 1 atom stereocenters. The maximum Gasteiger partial charge on any atom is 0.134 e. The summed E-state index contributed by atoms with van der Waals surface area (Å²) in [5, 5.41) is 13.4. The summed E-state index contributed by atoms with van der Waals surface area (Å²) in [7, 11) is 0. The van der Waals surface area contributed by atoms with Gasteiger partial charge in [0, 0.05) is 12.1 Å². The van der Waals surface area contributed by atoms with Crippen molar-refractivity contribution in [3.05, 3.63) is 11.9 Å². The van der Waals surface area contributed by atoms with E-state index in [-0.39, 0.29) is 0 Å². The Morgan fingerprint density at radius 3 is 2.67 bits per heavy atom. The first-order chi connectivity index (χ1) is 8.35. The van der Waals surface area contributed by atoms with Crippen molar-refractivity contribution in [1.82, 2.24) is 9.97 Å². The number of anilines is 2. The molecule has 0 saturated carbocycles. The van der Waals surface area contributed by atoms with Crippen LogP contribution in [0.4, 0.5) is 11.6 Å². The number of nitrogens with two attached hydrogens (primary N) is 1. The summed E-state index contributed by atoms with van der Waals surface area (Å²) in [4.78, 5) is 8.15. The lowest BCUT2D eigenvalue weighted by atomic mass is 9.94. The van der Waals surface area contributed by atoms with Gasteiger partial charge in [0.1, 0.15) is 18.0 Å². The fourth-order valence-electron chi connectivity index (χ4n) is 2.15. The van der Waals surface area contributed by atoms with Crippen LogP contribution in [0.2, 0.25) is 0 Å². The quantitative estimate of drug-likeness (QED) is 0.719. The minimum atomic E-state index is -0.751. The molecule has 0 aromatic carbocycles. The second kappa shape index (κ2) is 6.00. The molecule has 1 rings (SSSR count). The first-order valence-corrected chi connectivity index (χ1v) is 6.41. The van der Waals surface area contributed by atoms with Gasteiger partial charge in [-0.3, -0.25) is 0 Å². The Kier molecular flexibility index (Phi) is 4.90. The smallest absolute Gasteiger partial charge is 0.134 e. The van der Waals surface area contributed by atoms with E-state index >= 15 is 0 Å². The predicted octanol–water partition coefficient (Wildman–Crippen LogP) is 1.83. The van der Waals surface area contributed by atoms with Crippen LogP contribution in [-0.4, -0.2) is 27.2 Å². The second-order valence-corrected chi connectivity index (χ2v) is 5.39. The van der Waals surface area contributed by atoms with Gasteiger partial charge in [-0.2, -0.15) is 0 Å². The van der Waals surface area contributed by atoms with Crippen molar-refractivity contribution in [2.75, 3.05) is 17.6 Å². The maximum absolute atomic E-state index is 10.2. The third-order valence-electron chi connectivity index (χ3n) is 2.82. The number of hydrogen-bond donors (Lipinski definition) is 3. The zero-order valence-electron chi connectivity index (χ0n) is 11.7. The van der Waals surface area contributed by atoms with Gasteiger partial charge in [0.25, 0.3) is 0 Å². The Hall–Kier alpha value is -1.36. The molecule has 0 amide bonds. The van der Waals surface area contributed by atoms with Crippen LogP contribution in [0.25, 0.3) is 0 Å². The summed E-state index contributed by atoms with van der Waals surface area (Å²) in [6.07, 6.45) is 2.94. The first-order valence-electron chi connectivity index (χ1n) is 6.41. The predicted molar refractivity (Wildman–Crippen MR) is 74.4 cm³/mol. The molecule has 0 radical (unpaired) electrons. The highest BCUT2D eigenvalue weighted by Crippen LogP contribution is 2.20. The lowest BCUT2D eigenvalue weighted by Gasteiger charge is -2.26. The van der Waals surface area contributed by atoms with Crippen molar-refractivity contribution in [2.24, 2.45) is 5.92 Å². The summed E-state index contributed by atoms with van der Waals surface area (Å²) < 4.78 is 0. The molecule has 0 bridgehead atoms. The molecule has 5 heteroatoms. The molecule has 0 spiro atoms. The van der Waals surface area contributed by atoms with Gasteiger partial charge in [-0.05, 0) is 25.7 Å². The lowest BCUT2D eigenvalue weighted by molar-refractivity contribution is 0.0514. The summed E-state index contributed by atoms with van der Waals surface area (Å²) in [6, 6.07) is 0. The average molecular weight is 252 g/mol. The molecule has 4 N–H and O–H groups in total. The van der Waals surface area contributed by atoms with Crippen molar-refractivity contribution in [2.45, 2.75) is 46.1 Å². The van der Waals surface area contributed by atoms with Crippen LogP contribution in [-0.2, 0) is 6.42 Å². The zero-order valence-corrected chi connectivity index (χ0v) is 11.7. The number of hydrogen-bond acceptors (Lipinski definition) is 5. The van der Waals surface area contributed by atoms with Gasteiger partial charge >= 0.3 is 0 Å². The van der Waals surface area contributed by atoms with E-state index in [0.717, 1.165) is 18.4 Å². The van der Waals surface area contributed by atoms with Gasteiger partial charge in [0.2, 0.25) is 0 Å². The number of aromatic nitrogens is 2. The molecule has 5 nitrogen and oxygen atoms in total. The van der Waals surface area contributed by atoms with E-state index in [2.05, 4.69) is 29.1 Å². The number of nitrogens with one attached hydrogen (secondary N) is 1. The molecule has 1 heterocycles. The van der Waals surface area contributed by atoms with Crippen LogP contribution in [0.15, 0.2) is 6.33 Å². The fraction of sp³-hybridized carbons (Fsp3) is 0.692. The van der Waals surface area contributed by atoms with E-state index in [9.17, 15) is 5.11 Å². The second-order valence-electron chi connectivity index (χ2n) is 5.39. The summed E-state index contributed by atoms with van der Waals surface area (Å²) in [6.45, 7) is 8.47. The van der Waals surface area contributed by atoms with Crippen molar-refractivity contribution in [3.8, 4) is 0 Å². The van der Waals surface area contributed by atoms with Crippen LogP contribution in [0, 0.1) is 5.92 Å². The Bertz CT molecular complexity index is 391. The van der Waals surface area contributed by atoms with Crippen LogP contribution < -0.4 is 11.1 Å². The van der Waals surface area contributed by atoms with Crippen molar-refractivity contribution in [1.29, 1.82) is 0 Å².